The predicted octanol–water partition coefficient (Wildman–Crippen LogP) is 2.66. The quantitative estimate of drug-likeness (QED) is 0.666. The van der Waals surface area contributed by atoms with Crippen molar-refractivity contribution in [2.75, 3.05) is 0 Å². The number of aryl methyl sites for hydroxylation is 1. The van der Waals surface area contributed by atoms with Crippen molar-refractivity contribution in [2.24, 2.45) is 0 Å². The van der Waals surface area contributed by atoms with Gasteiger partial charge in [-0.1, -0.05) is 42.5 Å². The van der Waals surface area contributed by atoms with Crippen LogP contribution >= 0.6 is 0 Å². The highest BCUT2D eigenvalue weighted by Crippen LogP contribution is 2.29. The van der Waals surface area contributed by atoms with Crippen LogP contribution in [0.5, 0.6) is 0 Å². The monoisotopic (exact) mass is 391 g/mol. The Morgan fingerprint density at radius 1 is 1.14 bits per heavy atom. The van der Waals surface area contributed by atoms with Crippen LogP contribution in [0.2, 0.25) is 0 Å². The van der Waals surface area contributed by atoms with Gasteiger partial charge in [-0.15, -0.1) is 0 Å². The molecule has 0 unspecified atom stereocenters. The first kappa shape index (κ1) is 18.9. The van der Waals surface area contributed by atoms with Crippen molar-refractivity contribution in [1.82, 2.24) is 15.5 Å². The number of nitrogens with one attached hydrogen (secondary N) is 2. The molecule has 1 amide bonds. The lowest BCUT2D eigenvalue weighted by Crippen LogP contribution is -2.39. The predicted molar refractivity (Wildman–Crippen MR) is 108 cm³/mol. The number of aromatic nitrogens is 2. The fourth-order valence-electron chi connectivity index (χ4n) is 3.73. The minimum atomic E-state index is -0.996. The van der Waals surface area contributed by atoms with E-state index < -0.39 is 12.1 Å². The molecule has 0 saturated heterocycles. The van der Waals surface area contributed by atoms with E-state index in [4.69, 9.17) is 4.74 Å². The zero-order valence-corrected chi connectivity index (χ0v) is 16.0. The van der Waals surface area contributed by atoms with E-state index in [-0.39, 0.29) is 23.2 Å². The molecule has 148 valence electrons. The SMILES string of the molecule is C[C@@H](OC(=O)c1n[nH]c(=O)c2ccccc12)C(=O)N[C@@H]1CCCc2ccccc21. The van der Waals surface area contributed by atoms with E-state index in [1.54, 1.807) is 24.3 Å². The maximum Gasteiger partial charge on any atom is 0.360 e. The molecular formula is C22H21N3O4. The lowest BCUT2D eigenvalue weighted by atomic mass is 9.87. The Morgan fingerprint density at radius 2 is 1.86 bits per heavy atom. The van der Waals surface area contributed by atoms with Gasteiger partial charge in [0, 0.05) is 5.39 Å². The fraction of sp³-hybridized carbons (Fsp3) is 0.273. The molecule has 3 aromatic rings. The van der Waals surface area contributed by atoms with Crippen molar-refractivity contribution < 1.29 is 14.3 Å². The first-order chi connectivity index (χ1) is 14.0. The summed E-state index contributed by atoms with van der Waals surface area (Å²) in [4.78, 5) is 37.1. The first-order valence-electron chi connectivity index (χ1n) is 9.61. The molecule has 0 fully saturated rings. The number of aromatic amines is 1. The van der Waals surface area contributed by atoms with Crippen LogP contribution in [-0.4, -0.2) is 28.2 Å². The smallest absolute Gasteiger partial charge is 0.360 e. The molecule has 2 N–H and O–H groups in total. The van der Waals surface area contributed by atoms with Crippen molar-refractivity contribution >= 4 is 22.6 Å². The molecule has 0 spiro atoms. The third kappa shape index (κ3) is 3.76. The van der Waals surface area contributed by atoms with Crippen LogP contribution in [-0.2, 0) is 16.0 Å². The minimum absolute atomic E-state index is 0.0251. The summed E-state index contributed by atoms with van der Waals surface area (Å²) < 4.78 is 5.34. The van der Waals surface area contributed by atoms with Gasteiger partial charge >= 0.3 is 5.97 Å². The van der Waals surface area contributed by atoms with Gasteiger partial charge in [-0.25, -0.2) is 9.89 Å². The molecule has 1 aliphatic carbocycles. The van der Waals surface area contributed by atoms with Gasteiger partial charge in [-0.2, -0.15) is 5.10 Å². The summed E-state index contributed by atoms with van der Waals surface area (Å²) in [6.45, 7) is 1.52. The van der Waals surface area contributed by atoms with Crippen LogP contribution in [0.4, 0.5) is 0 Å². The summed E-state index contributed by atoms with van der Waals surface area (Å²) in [5.74, 6) is -1.13. The first-order valence-corrected chi connectivity index (χ1v) is 9.61. The molecule has 0 aliphatic heterocycles. The van der Waals surface area contributed by atoms with Crippen LogP contribution in [0.15, 0.2) is 53.3 Å². The van der Waals surface area contributed by atoms with Crippen LogP contribution in [0.3, 0.4) is 0 Å². The lowest BCUT2D eigenvalue weighted by molar-refractivity contribution is -0.130. The number of nitrogens with zero attached hydrogens (tertiary/aromatic N) is 1. The Kier molecular flexibility index (Phi) is 5.12. The Morgan fingerprint density at radius 3 is 2.69 bits per heavy atom. The fourth-order valence-corrected chi connectivity index (χ4v) is 3.73. The molecule has 2 aromatic carbocycles. The van der Waals surface area contributed by atoms with Gasteiger partial charge < -0.3 is 10.1 Å². The number of rotatable bonds is 4. The van der Waals surface area contributed by atoms with E-state index >= 15 is 0 Å². The van der Waals surface area contributed by atoms with Crippen LogP contribution < -0.4 is 10.9 Å². The number of carbonyl (C=O) groups excluding carboxylic acids is 2. The zero-order chi connectivity index (χ0) is 20.4. The van der Waals surface area contributed by atoms with Gasteiger partial charge in [0.1, 0.15) is 0 Å². The number of esters is 1. The number of H-pyrrole nitrogens is 1. The highest BCUT2D eigenvalue weighted by atomic mass is 16.5. The Bertz CT molecular complexity index is 1140. The number of amides is 1. The molecule has 1 aliphatic rings. The van der Waals surface area contributed by atoms with Crippen LogP contribution in [0, 0.1) is 0 Å². The number of carbonyl (C=O) groups is 2. The number of benzene rings is 2. The summed E-state index contributed by atoms with van der Waals surface area (Å²) in [7, 11) is 0. The Balaban J connectivity index is 1.48. The number of hydrogen-bond acceptors (Lipinski definition) is 5. The van der Waals surface area contributed by atoms with E-state index in [1.165, 1.54) is 12.5 Å². The number of fused-ring (bicyclic) bond motifs is 2. The molecule has 0 saturated carbocycles. The van der Waals surface area contributed by atoms with Crippen LogP contribution in [0.1, 0.15) is 47.4 Å². The molecule has 1 aromatic heterocycles. The second kappa shape index (κ2) is 7.87. The van der Waals surface area contributed by atoms with Gasteiger partial charge in [0.05, 0.1) is 11.4 Å². The average molecular weight is 391 g/mol. The summed E-state index contributed by atoms with van der Waals surface area (Å²) >= 11 is 0. The van der Waals surface area contributed by atoms with Crippen molar-refractivity contribution in [1.29, 1.82) is 0 Å². The highest BCUT2D eigenvalue weighted by Gasteiger charge is 2.26. The van der Waals surface area contributed by atoms with Gasteiger partial charge in [0.15, 0.2) is 11.8 Å². The third-order valence-corrected chi connectivity index (χ3v) is 5.23. The molecule has 29 heavy (non-hydrogen) atoms. The molecule has 0 radical (unpaired) electrons. The standard InChI is InChI=1S/C22H21N3O4/c1-13(20(26)23-18-12-6-8-14-7-2-3-9-15(14)18)29-22(28)19-16-10-4-5-11-17(16)21(27)25-24-19/h2-5,7,9-11,13,18H,6,8,12H2,1H3,(H,23,26)(H,25,27)/t13-,18-/m1/s1. The van der Waals surface area contributed by atoms with E-state index in [0.717, 1.165) is 24.8 Å². The van der Waals surface area contributed by atoms with Gasteiger partial charge in [0.2, 0.25) is 0 Å². The summed E-state index contributed by atoms with van der Waals surface area (Å²) in [6.07, 6.45) is 1.83. The van der Waals surface area contributed by atoms with Gasteiger partial charge in [-0.05, 0) is 43.4 Å². The number of ether oxygens (including phenoxy) is 1. The van der Waals surface area contributed by atoms with Crippen molar-refractivity contribution in [3.8, 4) is 0 Å². The number of hydrogen-bond donors (Lipinski definition) is 2. The van der Waals surface area contributed by atoms with Gasteiger partial charge in [-0.3, -0.25) is 9.59 Å². The molecule has 7 heteroatoms. The van der Waals surface area contributed by atoms with Crippen molar-refractivity contribution in [2.45, 2.75) is 38.3 Å². The van der Waals surface area contributed by atoms with E-state index in [2.05, 4.69) is 21.6 Å². The maximum absolute atomic E-state index is 12.6. The van der Waals surface area contributed by atoms with E-state index in [1.807, 2.05) is 18.2 Å². The third-order valence-electron chi connectivity index (χ3n) is 5.23. The zero-order valence-electron chi connectivity index (χ0n) is 16.0. The average Bonchev–Trinajstić information content (AvgIpc) is 2.74. The lowest BCUT2D eigenvalue weighted by Gasteiger charge is -2.27. The second-order valence-corrected chi connectivity index (χ2v) is 7.15. The molecule has 7 nitrogen and oxygen atoms in total. The Hall–Kier alpha value is -3.48. The second-order valence-electron chi connectivity index (χ2n) is 7.15. The summed E-state index contributed by atoms with van der Waals surface area (Å²) in [5.41, 5.74) is 1.93. The van der Waals surface area contributed by atoms with Crippen LogP contribution in [0.25, 0.3) is 10.8 Å². The largest absolute Gasteiger partial charge is 0.448 e. The molecule has 4 rings (SSSR count). The molecule has 1 heterocycles. The Labute approximate surface area is 167 Å². The minimum Gasteiger partial charge on any atom is -0.448 e. The molecule has 2 atom stereocenters. The van der Waals surface area contributed by atoms with Gasteiger partial charge in [0.25, 0.3) is 11.5 Å². The summed E-state index contributed by atoms with van der Waals surface area (Å²) in [5, 5.41) is 9.82. The topological polar surface area (TPSA) is 101 Å². The molecule has 0 bridgehead atoms. The highest BCUT2D eigenvalue weighted by molar-refractivity contribution is 6.02. The van der Waals surface area contributed by atoms with E-state index in [0.29, 0.717) is 10.8 Å². The molecular weight excluding hydrogens is 370 g/mol. The van der Waals surface area contributed by atoms with Crippen molar-refractivity contribution in [3.05, 3.63) is 75.7 Å². The normalized spacial score (nSPS) is 16.7. The van der Waals surface area contributed by atoms with Crippen molar-refractivity contribution in [3.63, 3.8) is 0 Å². The maximum atomic E-state index is 12.6. The summed E-state index contributed by atoms with van der Waals surface area (Å²) in [6, 6.07) is 14.6. The van der Waals surface area contributed by atoms with E-state index in [9.17, 15) is 14.4 Å².